The van der Waals surface area contributed by atoms with E-state index in [-0.39, 0.29) is 6.10 Å². The molecule has 0 aliphatic carbocycles. The number of hydrogen-bond acceptors (Lipinski definition) is 4. The maximum atomic E-state index is 5.66. The van der Waals surface area contributed by atoms with E-state index in [4.69, 9.17) is 15.2 Å². The molecule has 76 valence electrons. The van der Waals surface area contributed by atoms with Crippen LogP contribution in [0.2, 0.25) is 0 Å². The van der Waals surface area contributed by atoms with E-state index in [1.165, 1.54) is 0 Å². The van der Waals surface area contributed by atoms with Crippen LogP contribution in [0.15, 0.2) is 18.3 Å². The summed E-state index contributed by atoms with van der Waals surface area (Å²) < 4.78 is 11.1. The van der Waals surface area contributed by atoms with E-state index >= 15 is 0 Å². The van der Waals surface area contributed by atoms with Crippen LogP contribution in [0.3, 0.4) is 0 Å². The number of nitrogens with two attached hydrogens (primary N) is 1. The molecular formula is C10H14N2O2. The van der Waals surface area contributed by atoms with Crippen molar-refractivity contribution >= 4 is 5.69 Å². The number of hydrogen-bond donors (Lipinski definition) is 1. The second-order valence-electron chi connectivity index (χ2n) is 3.83. The Morgan fingerprint density at radius 1 is 1.57 bits per heavy atom. The molecule has 4 heteroatoms. The van der Waals surface area contributed by atoms with Gasteiger partial charge in [-0.15, -0.1) is 0 Å². The summed E-state index contributed by atoms with van der Waals surface area (Å²) in [6.07, 6.45) is 1.58. The first-order chi connectivity index (χ1) is 6.57. The molecule has 0 aromatic carbocycles. The maximum Gasteiger partial charge on any atom is 0.163 e. The van der Waals surface area contributed by atoms with E-state index in [2.05, 4.69) is 4.98 Å². The fourth-order valence-electron chi connectivity index (χ4n) is 1.47. The fraction of sp³-hybridized carbons (Fsp3) is 0.500. The van der Waals surface area contributed by atoms with Crippen LogP contribution in [0.5, 0.6) is 0 Å². The minimum absolute atomic E-state index is 0.103. The summed E-state index contributed by atoms with van der Waals surface area (Å²) in [7, 11) is 0. The first-order valence-electron chi connectivity index (χ1n) is 4.60. The third-order valence-electron chi connectivity index (χ3n) is 2.14. The minimum atomic E-state index is -0.517. The quantitative estimate of drug-likeness (QED) is 0.735. The third kappa shape index (κ3) is 1.86. The van der Waals surface area contributed by atoms with E-state index in [1.54, 1.807) is 12.3 Å². The van der Waals surface area contributed by atoms with Crippen LogP contribution >= 0.6 is 0 Å². The number of ether oxygens (including phenoxy) is 2. The van der Waals surface area contributed by atoms with Gasteiger partial charge in [0.1, 0.15) is 6.10 Å². The van der Waals surface area contributed by atoms with Gasteiger partial charge in [-0.05, 0) is 26.0 Å². The average molecular weight is 194 g/mol. The van der Waals surface area contributed by atoms with Gasteiger partial charge < -0.3 is 15.2 Å². The van der Waals surface area contributed by atoms with E-state index in [0.717, 1.165) is 5.69 Å². The Labute approximate surface area is 83.0 Å². The molecule has 1 atom stereocenters. The second-order valence-corrected chi connectivity index (χ2v) is 3.83. The highest BCUT2D eigenvalue weighted by Crippen LogP contribution is 2.32. The van der Waals surface area contributed by atoms with Crippen LogP contribution in [-0.4, -0.2) is 17.4 Å². The minimum Gasteiger partial charge on any atom is -0.399 e. The molecule has 1 aromatic heterocycles. The van der Waals surface area contributed by atoms with Gasteiger partial charge in [-0.2, -0.15) is 0 Å². The highest BCUT2D eigenvalue weighted by Gasteiger charge is 2.34. The first-order valence-corrected chi connectivity index (χ1v) is 4.60. The Balaban J connectivity index is 2.17. The van der Waals surface area contributed by atoms with E-state index in [9.17, 15) is 0 Å². The smallest absolute Gasteiger partial charge is 0.163 e. The van der Waals surface area contributed by atoms with Gasteiger partial charge in [-0.25, -0.2) is 0 Å². The van der Waals surface area contributed by atoms with Crippen molar-refractivity contribution in [3.63, 3.8) is 0 Å². The van der Waals surface area contributed by atoms with Crippen LogP contribution in [0.25, 0.3) is 0 Å². The van der Waals surface area contributed by atoms with Gasteiger partial charge in [0.25, 0.3) is 0 Å². The summed E-state index contributed by atoms with van der Waals surface area (Å²) in [5, 5.41) is 0. The lowest BCUT2D eigenvalue weighted by Crippen LogP contribution is -2.19. The molecule has 1 aliphatic heterocycles. The molecule has 0 radical (unpaired) electrons. The Morgan fingerprint density at radius 3 is 2.93 bits per heavy atom. The summed E-state index contributed by atoms with van der Waals surface area (Å²) in [5.41, 5.74) is 7.18. The number of nitrogen functional groups attached to an aromatic ring is 1. The van der Waals surface area contributed by atoms with Gasteiger partial charge in [0, 0.05) is 11.9 Å². The molecule has 2 N–H and O–H groups in total. The fourth-order valence-corrected chi connectivity index (χ4v) is 1.47. The molecule has 0 spiro atoms. The highest BCUT2D eigenvalue weighted by atomic mass is 16.7. The first kappa shape index (κ1) is 9.43. The van der Waals surface area contributed by atoms with Gasteiger partial charge in [-0.1, -0.05) is 0 Å². The molecule has 0 amide bonds. The maximum absolute atomic E-state index is 5.66. The molecule has 4 nitrogen and oxygen atoms in total. The van der Waals surface area contributed by atoms with Crippen molar-refractivity contribution < 1.29 is 9.47 Å². The van der Waals surface area contributed by atoms with E-state index in [1.807, 2.05) is 19.9 Å². The van der Waals surface area contributed by atoms with Crippen molar-refractivity contribution in [2.24, 2.45) is 0 Å². The predicted molar refractivity (Wildman–Crippen MR) is 52.5 cm³/mol. The molecular weight excluding hydrogens is 180 g/mol. The lowest BCUT2D eigenvalue weighted by Gasteiger charge is -2.16. The number of pyridine rings is 1. The molecule has 14 heavy (non-hydrogen) atoms. The zero-order valence-electron chi connectivity index (χ0n) is 8.36. The zero-order chi connectivity index (χ0) is 10.2. The van der Waals surface area contributed by atoms with E-state index in [0.29, 0.717) is 12.3 Å². The highest BCUT2D eigenvalue weighted by molar-refractivity contribution is 5.37. The Hall–Kier alpha value is -1.13. The van der Waals surface area contributed by atoms with Crippen molar-refractivity contribution in [2.45, 2.75) is 25.7 Å². The van der Waals surface area contributed by atoms with Gasteiger partial charge >= 0.3 is 0 Å². The second kappa shape index (κ2) is 3.22. The monoisotopic (exact) mass is 194 g/mol. The average Bonchev–Trinajstić information content (AvgIpc) is 2.46. The molecule has 1 fully saturated rings. The zero-order valence-corrected chi connectivity index (χ0v) is 8.36. The van der Waals surface area contributed by atoms with Gasteiger partial charge in [0.2, 0.25) is 0 Å². The predicted octanol–water partition coefficient (Wildman–Crippen LogP) is 1.49. The molecule has 2 heterocycles. The van der Waals surface area contributed by atoms with Crippen LogP contribution in [-0.2, 0) is 9.47 Å². The SMILES string of the molecule is CC1(C)OC[C@H](c2cc(N)ccn2)O1. The molecule has 0 saturated carbocycles. The van der Waals surface area contributed by atoms with Gasteiger partial charge in [-0.3, -0.25) is 4.98 Å². The Kier molecular flexibility index (Phi) is 2.17. The van der Waals surface area contributed by atoms with Crippen molar-refractivity contribution in [2.75, 3.05) is 12.3 Å². The van der Waals surface area contributed by atoms with Crippen LogP contribution < -0.4 is 5.73 Å². The lowest BCUT2D eigenvalue weighted by molar-refractivity contribution is -0.139. The Morgan fingerprint density at radius 2 is 2.36 bits per heavy atom. The number of aromatic nitrogens is 1. The van der Waals surface area contributed by atoms with Crippen molar-refractivity contribution in [3.8, 4) is 0 Å². The number of anilines is 1. The number of rotatable bonds is 1. The number of nitrogens with zero attached hydrogens (tertiary/aromatic N) is 1. The lowest BCUT2D eigenvalue weighted by atomic mass is 10.2. The van der Waals surface area contributed by atoms with Crippen molar-refractivity contribution in [1.29, 1.82) is 0 Å². The van der Waals surface area contributed by atoms with Crippen molar-refractivity contribution in [3.05, 3.63) is 24.0 Å². The molecule has 0 bridgehead atoms. The largest absolute Gasteiger partial charge is 0.399 e. The van der Waals surface area contributed by atoms with Crippen LogP contribution in [0.1, 0.15) is 25.6 Å². The van der Waals surface area contributed by atoms with Crippen LogP contribution in [0.4, 0.5) is 5.69 Å². The molecule has 0 unspecified atom stereocenters. The van der Waals surface area contributed by atoms with Crippen LogP contribution in [0, 0.1) is 0 Å². The van der Waals surface area contributed by atoms with Gasteiger partial charge in [0.15, 0.2) is 5.79 Å². The summed E-state index contributed by atoms with van der Waals surface area (Å²) in [6.45, 7) is 4.31. The summed E-state index contributed by atoms with van der Waals surface area (Å²) in [6, 6.07) is 3.57. The summed E-state index contributed by atoms with van der Waals surface area (Å²) in [5.74, 6) is -0.517. The molecule has 2 rings (SSSR count). The van der Waals surface area contributed by atoms with Gasteiger partial charge in [0.05, 0.1) is 12.3 Å². The summed E-state index contributed by atoms with van der Waals surface area (Å²) >= 11 is 0. The Bertz CT molecular complexity index is 339. The normalized spacial score (nSPS) is 25.1. The molecule has 1 saturated heterocycles. The van der Waals surface area contributed by atoms with E-state index < -0.39 is 5.79 Å². The molecule has 1 aliphatic rings. The standard InChI is InChI=1S/C10H14N2O2/c1-10(2)13-6-9(14-10)8-5-7(11)3-4-12-8/h3-5,9H,6H2,1-2H3,(H2,11,12)/t9-/m1/s1. The topological polar surface area (TPSA) is 57.4 Å². The summed E-state index contributed by atoms with van der Waals surface area (Å²) in [4.78, 5) is 4.20. The van der Waals surface area contributed by atoms with Crippen molar-refractivity contribution in [1.82, 2.24) is 4.98 Å². The molecule has 1 aromatic rings. The third-order valence-corrected chi connectivity index (χ3v) is 2.14.